The van der Waals surface area contributed by atoms with Crippen LogP contribution in [0.2, 0.25) is 0 Å². The first-order valence-electron chi connectivity index (χ1n) is 3.89. The van der Waals surface area contributed by atoms with Gasteiger partial charge in [0.05, 0.1) is 0 Å². The minimum absolute atomic E-state index is 0.458. The second-order valence-electron chi connectivity index (χ2n) is 2.32. The first-order valence-corrected chi connectivity index (χ1v) is 7.21. The summed E-state index contributed by atoms with van der Waals surface area (Å²) in [5, 5.41) is -0.917. The highest BCUT2D eigenvalue weighted by molar-refractivity contribution is 9.09. The molecule has 0 aromatic rings. The number of phosphoric acid groups is 1. The van der Waals surface area contributed by atoms with Crippen LogP contribution in [0.5, 0.6) is 0 Å². The van der Waals surface area contributed by atoms with Gasteiger partial charge in [-0.2, -0.15) is 0 Å². The van der Waals surface area contributed by atoms with Crippen LogP contribution in [0, 0.1) is 0 Å². The summed E-state index contributed by atoms with van der Waals surface area (Å²) in [6, 6.07) is 0. The molecule has 0 radical (unpaired) electrons. The number of phosphoric ester groups is 1. The molecule has 0 saturated heterocycles. The molecule has 0 amide bonds. The summed E-state index contributed by atoms with van der Waals surface area (Å²) >= 11 is 6.15. The fourth-order valence-corrected chi connectivity index (χ4v) is 2.66. The number of hydrogen-bond acceptors (Lipinski definition) is 3. The standard InChI is InChI=1S/C6H13Br2O4P/c1-3-5(7)11-13(9,10)12-6(8)4-2/h5-6H,3-4H2,1-2H3,(H,9,10). The van der Waals surface area contributed by atoms with Crippen LogP contribution < -0.4 is 0 Å². The third-order valence-corrected chi connectivity index (χ3v) is 4.43. The van der Waals surface area contributed by atoms with E-state index >= 15 is 0 Å². The number of alkyl halides is 2. The Bertz CT molecular complexity index is 173. The van der Waals surface area contributed by atoms with Crippen LogP contribution in [0.4, 0.5) is 0 Å². The van der Waals surface area contributed by atoms with E-state index in [4.69, 9.17) is 13.9 Å². The molecule has 0 aliphatic heterocycles. The van der Waals surface area contributed by atoms with Gasteiger partial charge in [0.25, 0.3) is 0 Å². The van der Waals surface area contributed by atoms with Crippen LogP contribution >= 0.6 is 39.7 Å². The maximum absolute atomic E-state index is 11.2. The summed E-state index contributed by atoms with van der Waals surface area (Å²) < 4.78 is 20.7. The Morgan fingerprint density at radius 2 is 1.54 bits per heavy atom. The average molecular weight is 340 g/mol. The molecule has 1 N–H and O–H groups in total. The molecule has 0 heterocycles. The van der Waals surface area contributed by atoms with E-state index in [1.807, 2.05) is 13.8 Å². The Morgan fingerprint density at radius 1 is 1.23 bits per heavy atom. The first-order chi connectivity index (χ1) is 5.91. The molecular formula is C6H13Br2O4P. The van der Waals surface area contributed by atoms with Crippen LogP contribution in [0.3, 0.4) is 0 Å². The molecule has 7 heteroatoms. The SMILES string of the molecule is CCC(Br)OP(=O)(O)OC(Br)CC. The number of halogens is 2. The van der Waals surface area contributed by atoms with Gasteiger partial charge in [0, 0.05) is 0 Å². The normalized spacial score (nSPS) is 20.7. The van der Waals surface area contributed by atoms with Gasteiger partial charge < -0.3 is 4.89 Å². The molecule has 2 atom stereocenters. The molecule has 2 unspecified atom stereocenters. The summed E-state index contributed by atoms with van der Waals surface area (Å²) in [4.78, 5) is 9.17. The van der Waals surface area contributed by atoms with Gasteiger partial charge in [0.15, 0.2) is 0 Å². The van der Waals surface area contributed by atoms with E-state index in [-0.39, 0.29) is 0 Å². The van der Waals surface area contributed by atoms with E-state index in [0.717, 1.165) is 0 Å². The summed E-state index contributed by atoms with van der Waals surface area (Å²) in [5.74, 6) is 0. The third kappa shape index (κ3) is 7.05. The van der Waals surface area contributed by atoms with Crippen LogP contribution in [0.1, 0.15) is 26.7 Å². The van der Waals surface area contributed by atoms with Gasteiger partial charge in [-0.05, 0) is 12.8 Å². The zero-order valence-corrected chi connectivity index (χ0v) is 11.5. The van der Waals surface area contributed by atoms with E-state index in [9.17, 15) is 4.57 Å². The quantitative estimate of drug-likeness (QED) is 0.595. The lowest BCUT2D eigenvalue weighted by atomic mass is 10.5. The van der Waals surface area contributed by atoms with E-state index in [1.54, 1.807) is 0 Å². The molecule has 0 aromatic heterocycles. The van der Waals surface area contributed by atoms with Gasteiger partial charge in [0.2, 0.25) is 0 Å². The minimum Gasteiger partial charge on any atom is -0.302 e. The van der Waals surface area contributed by atoms with Crippen LogP contribution in [0.25, 0.3) is 0 Å². The van der Waals surface area contributed by atoms with Gasteiger partial charge in [-0.15, -0.1) is 0 Å². The molecule has 0 rings (SSSR count). The maximum atomic E-state index is 11.2. The highest BCUT2D eigenvalue weighted by Gasteiger charge is 2.27. The Labute approximate surface area is 94.9 Å². The predicted octanol–water partition coefficient (Wildman–Crippen LogP) is 3.38. The molecule has 0 bridgehead atoms. The van der Waals surface area contributed by atoms with Crippen LogP contribution in [-0.2, 0) is 13.6 Å². The van der Waals surface area contributed by atoms with E-state index in [1.165, 1.54) is 0 Å². The lowest BCUT2D eigenvalue weighted by Crippen LogP contribution is -2.07. The lowest BCUT2D eigenvalue weighted by Gasteiger charge is -2.17. The topological polar surface area (TPSA) is 55.8 Å². The van der Waals surface area contributed by atoms with Gasteiger partial charge in [-0.3, -0.25) is 9.05 Å². The summed E-state index contributed by atoms with van der Waals surface area (Å²) in [5.41, 5.74) is 0. The fraction of sp³-hybridized carbons (Fsp3) is 1.00. The Morgan fingerprint density at radius 3 is 1.77 bits per heavy atom. The molecule has 4 nitrogen and oxygen atoms in total. The average Bonchev–Trinajstić information content (AvgIpc) is 2.02. The van der Waals surface area contributed by atoms with Crippen LogP contribution in [-0.4, -0.2) is 14.9 Å². The molecule has 0 saturated carbocycles. The molecule has 0 spiro atoms. The van der Waals surface area contributed by atoms with Crippen molar-refractivity contribution in [3.63, 3.8) is 0 Å². The summed E-state index contributed by atoms with van der Waals surface area (Å²) in [6.45, 7) is 3.65. The monoisotopic (exact) mass is 338 g/mol. The number of hydrogen-bond donors (Lipinski definition) is 1. The highest BCUT2D eigenvalue weighted by Crippen LogP contribution is 2.48. The van der Waals surface area contributed by atoms with Gasteiger partial charge in [-0.25, -0.2) is 4.57 Å². The van der Waals surface area contributed by atoms with Crippen molar-refractivity contribution in [1.82, 2.24) is 0 Å². The van der Waals surface area contributed by atoms with Crippen molar-refractivity contribution in [3.05, 3.63) is 0 Å². The van der Waals surface area contributed by atoms with Crippen molar-refractivity contribution in [2.75, 3.05) is 0 Å². The second-order valence-corrected chi connectivity index (χ2v) is 5.72. The Kier molecular flexibility index (Phi) is 7.07. The first kappa shape index (κ1) is 14.1. The van der Waals surface area contributed by atoms with E-state index in [2.05, 4.69) is 31.9 Å². The van der Waals surface area contributed by atoms with Crippen molar-refractivity contribution in [2.24, 2.45) is 0 Å². The third-order valence-electron chi connectivity index (χ3n) is 1.14. The number of rotatable bonds is 6. The van der Waals surface area contributed by atoms with Crippen molar-refractivity contribution >= 4 is 39.7 Å². The lowest BCUT2D eigenvalue weighted by molar-refractivity contribution is 0.131. The second kappa shape index (κ2) is 6.53. The Hall–Kier alpha value is 1.07. The Balaban J connectivity index is 4.00. The van der Waals surface area contributed by atoms with Crippen molar-refractivity contribution < 1.29 is 18.5 Å². The molecule has 13 heavy (non-hydrogen) atoms. The van der Waals surface area contributed by atoms with Gasteiger partial charge >= 0.3 is 7.82 Å². The van der Waals surface area contributed by atoms with Gasteiger partial charge in [-0.1, -0.05) is 45.7 Å². The largest absolute Gasteiger partial charge is 0.474 e. The fourth-order valence-electron chi connectivity index (χ4n) is 0.463. The molecular weight excluding hydrogens is 327 g/mol. The smallest absolute Gasteiger partial charge is 0.302 e. The minimum atomic E-state index is -3.93. The van der Waals surface area contributed by atoms with E-state index < -0.39 is 17.8 Å². The zero-order chi connectivity index (χ0) is 10.5. The molecule has 80 valence electrons. The predicted molar refractivity (Wildman–Crippen MR) is 58.0 cm³/mol. The molecule has 0 aromatic carbocycles. The molecule has 0 aliphatic rings. The highest BCUT2D eigenvalue weighted by atomic mass is 79.9. The van der Waals surface area contributed by atoms with E-state index in [0.29, 0.717) is 12.8 Å². The molecule has 0 fully saturated rings. The molecule has 0 aliphatic carbocycles. The maximum Gasteiger partial charge on any atom is 0.474 e. The van der Waals surface area contributed by atoms with Crippen molar-refractivity contribution in [3.8, 4) is 0 Å². The van der Waals surface area contributed by atoms with Gasteiger partial charge in [0.1, 0.15) is 10.0 Å². The zero-order valence-electron chi connectivity index (χ0n) is 7.44. The summed E-state index contributed by atoms with van der Waals surface area (Å²) in [7, 11) is -3.93. The summed E-state index contributed by atoms with van der Waals surface area (Å²) in [6.07, 6.45) is 1.18. The van der Waals surface area contributed by atoms with Crippen molar-refractivity contribution in [2.45, 2.75) is 36.7 Å². The van der Waals surface area contributed by atoms with Crippen LogP contribution in [0.15, 0.2) is 0 Å². The van der Waals surface area contributed by atoms with Crippen molar-refractivity contribution in [1.29, 1.82) is 0 Å².